The first-order chi connectivity index (χ1) is 18.5. The van der Waals surface area contributed by atoms with Crippen molar-refractivity contribution in [1.29, 1.82) is 0 Å². The quantitative estimate of drug-likeness (QED) is 0.305. The van der Waals surface area contributed by atoms with E-state index in [1.807, 2.05) is 6.92 Å². The molecule has 39 heavy (non-hydrogen) atoms. The van der Waals surface area contributed by atoms with Gasteiger partial charge in [0.25, 0.3) is 15.9 Å². The number of amides is 1. The van der Waals surface area contributed by atoms with E-state index in [1.54, 1.807) is 36.4 Å². The SMILES string of the molecule is CCC(NC1CCN(S(=O)(=O)c2ccc(CNC(=O)c3ccc(Cl)cc3)s2)CC1)c1ccc(C(F)(F)F)cc1. The number of thiophene rings is 1. The highest BCUT2D eigenvalue weighted by Gasteiger charge is 2.32. The average Bonchev–Trinajstić information content (AvgIpc) is 3.41. The molecule has 1 aliphatic heterocycles. The van der Waals surface area contributed by atoms with E-state index >= 15 is 0 Å². The van der Waals surface area contributed by atoms with Crippen LogP contribution in [0.1, 0.15) is 58.6 Å². The van der Waals surface area contributed by atoms with Gasteiger partial charge in [-0.05, 0) is 73.4 Å². The van der Waals surface area contributed by atoms with Crippen molar-refractivity contribution in [3.63, 3.8) is 0 Å². The van der Waals surface area contributed by atoms with Crippen LogP contribution in [0, 0.1) is 0 Å². The lowest BCUT2D eigenvalue weighted by molar-refractivity contribution is -0.137. The number of sulfonamides is 1. The molecule has 6 nitrogen and oxygen atoms in total. The van der Waals surface area contributed by atoms with E-state index in [0.717, 1.165) is 33.9 Å². The van der Waals surface area contributed by atoms with E-state index in [1.165, 1.54) is 16.4 Å². The minimum absolute atomic E-state index is 0.0469. The van der Waals surface area contributed by atoms with Gasteiger partial charge in [-0.1, -0.05) is 30.7 Å². The number of piperidine rings is 1. The van der Waals surface area contributed by atoms with Crippen LogP contribution in [-0.2, 0) is 22.7 Å². The number of carbonyl (C=O) groups excluding carboxylic acids is 1. The highest BCUT2D eigenvalue weighted by atomic mass is 35.5. The second kappa shape index (κ2) is 12.4. The lowest BCUT2D eigenvalue weighted by atomic mass is 9.99. The van der Waals surface area contributed by atoms with Gasteiger partial charge in [-0.25, -0.2) is 8.42 Å². The summed E-state index contributed by atoms with van der Waals surface area (Å²) in [4.78, 5) is 13.0. The number of alkyl halides is 3. The molecule has 0 spiro atoms. The summed E-state index contributed by atoms with van der Waals surface area (Å²) in [6, 6.07) is 14.8. The summed E-state index contributed by atoms with van der Waals surface area (Å²) in [6.45, 7) is 2.84. The maximum atomic E-state index is 13.2. The molecule has 1 aromatic heterocycles. The number of carbonyl (C=O) groups is 1. The van der Waals surface area contributed by atoms with Crippen LogP contribution in [0.25, 0.3) is 0 Å². The highest BCUT2D eigenvalue weighted by Crippen LogP contribution is 2.31. The minimum Gasteiger partial charge on any atom is -0.347 e. The molecule has 1 aliphatic rings. The fourth-order valence-corrected chi connectivity index (χ4v) is 7.54. The van der Waals surface area contributed by atoms with Gasteiger partial charge >= 0.3 is 6.18 Å². The third-order valence-corrected chi connectivity index (χ3v) is 10.4. The van der Waals surface area contributed by atoms with Crippen LogP contribution in [0.3, 0.4) is 0 Å². The zero-order chi connectivity index (χ0) is 28.2. The summed E-state index contributed by atoms with van der Waals surface area (Å²) in [7, 11) is -3.67. The van der Waals surface area contributed by atoms with Crippen LogP contribution in [0.4, 0.5) is 13.2 Å². The van der Waals surface area contributed by atoms with Gasteiger partial charge in [-0.3, -0.25) is 4.79 Å². The predicted molar refractivity (Wildman–Crippen MR) is 146 cm³/mol. The van der Waals surface area contributed by atoms with E-state index in [9.17, 15) is 26.4 Å². The van der Waals surface area contributed by atoms with Gasteiger partial charge < -0.3 is 10.6 Å². The van der Waals surface area contributed by atoms with Gasteiger partial charge in [0.1, 0.15) is 4.21 Å². The average molecular weight is 600 g/mol. The Labute approximate surface area is 235 Å². The minimum atomic E-state index is -4.37. The molecule has 2 N–H and O–H groups in total. The molecule has 4 rings (SSSR count). The largest absolute Gasteiger partial charge is 0.416 e. The molecule has 0 aliphatic carbocycles. The maximum Gasteiger partial charge on any atom is 0.416 e. The summed E-state index contributed by atoms with van der Waals surface area (Å²) in [5.41, 5.74) is 0.555. The highest BCUT2D eigenvalue weighted by molar-refractivity contribution is 7.91. The van der Waals surface area contributed by atoms with Crippen molar-refractivity contribution in [2.75, 3.05) is 13.1 Å². The van der Waals surface area contributed by atoms with Gasteiger partial charge in [0.2, 0.25) is 0 Å². The first-order valence-corrected chi connectivity index (χ1v) is 15.2. The maximum absolute atomic E-state index is 13.2. The molecule has 210 valence electrons. The molecule has 1 saturated heterocycles. The van der Waals surface area contributed by atoms with E-state index < -0.39 is 21.8 Å². The topological polar surface area (TPSA) is 78.5 Å². The van der Waals surface area contributed by atoms with Gasteiger partial charge in [0.05, 0.1) is 12.1 Å². The van der Waals surface area contributed by atoms with Crippen molar-refractivity contribution in [3.05, 3.63) is 87.3 Å². The van der Waals surface area contributed by atoms with Crippen molar-refractivity contribution >= 4 is 38.9 Å². The first kappa shape index (κ1) is 29.5. The molecular weight excluding hydrogens is 571 g/mol. The molecule has 12 heteroatoms. The molecule has 0 bridgehead atoms. The third-order valence-electron chi connectivity index (χ3n) is 6.70. The third kappa shape index (κ3) is 7.40. The number of nitrogens with zero attached hydrogens (tertiary/aromatic N) is 1. The van der Waals surface area contributed by atoms with Crippen LogP contribution >= 0.6 is 22.9 Å². The molecule has 1 atom stereocenters. The fourth-order valence-electron chi connectivity index (χ4n) is 4.49. The van der Waals surface area contributed by atoms with Crippen LogP contribution in [0.2, 0.25) is 5.02 Å². The van der Waals surface area contributed by atoms with Crippen molar-refractivity contribution in [1.82, 2.24) is 14.9 Å². The summed E-state index contributed by atoms with van der Waals surface area (Å²) in [6.07, 6.45) is -2.51. The second-order valence-corrected chi connectivity index (χ2v) is 13.1. The van der Waals surface area contributed by atoms with Gasteiger partial charge in [-0.2, -0.15) is 17.5 Å². The van der Waals surface area contributed by atoms with Crippen molar-refractivity contribution < 1.29 is 26.4 Å². The fraction of sp³-hybridized carbons (Fsp3) is 0.370. The molecule has 2 aromatic carbocycles. The Morgan fingerprint density at radius 2 is 1.69 bits per heavy atom. The Morgan fingerprint density at radius 1 is 1.05 bits per heavy atom. The zero-order valence-electron chi connectivity index (χ0n) is 21.2. The smallest absolute Gasteiger partial charge is 0.347 e. The molecule has 3 aromatic rings. The van der Waals surface area contributed by atoms with Crippen molar-refractivity contribution in [2.24, 2.45) is 0 Å². The predicted octanol–water partition coefficient (Wildman–Crippen LogP) is 6.24. The van der Waals surface area contributed by atoms with Crippen LogP contribution in [0.5, 0.6) is 0 Å². The molecule has 0 saturated carbocycles. The molecule has 1 fully saturated rings. The van der Waals surface area contributed by atoms with E-state index in [2.05, 4.69) is 10.6 Å². The van der Waals surface area contributed by atoms with E-state index in [-0.39, 0.29) is 28.7 Å². The van der Waals surface area contributed by atoms with Gasteiger partial charge in [0, 0.05) is 40.6 Å². The number of hydrogen-bond acceptors (Lipinski definition) is 5. The molecular formula is C27H29ClF3N3O3S2. The Bertz CT molecular complexity index is 1370. The molecule has 0 radical (unpaired) electrons. The second-order valence-electron chi connectivity index (χ2n) is 9.34. The number of halogens is 4. The zero-order valence-corrected chi connectivity index (χ0v) is 23.6. The molecule has 2 heterocycles. The monoisotopic (exact) mass is 599 g/mol. The molecule has 1 unspecified atom stereocenters. The Hall–Kier alpha value is -2.44. The van der Waals surface area contributed by atoms with E-state index in [0.29, 0.717) is 42.9 Å². The Morgan fingerprint density at radius 3 is 2.28 bits per heavy atom. The number of benzene rings is 2. The summed E-state index contributed by atoms with van der Waals surface area (Å²) in [5, 5.41) is 6.81. The number of rotatable bonds is 9. The molecule has 1 amide bonds. The van der Waals surface area contributed by atoms with Gasteiger partial charge in [-0.15, -0.1) is 11.3 Å². The first-order valence-electron chi connectivity index (χ1n) is 12.5. The normalized spacial score (nSPS) is 16.2. The summed E-state index contributed by atoms with van der Waals surface area (Å²) in [5.74, 6) is -0.277. The van der Waals surface area contributed by atoms with Crippen LogP contribution < -0.4 is 10.6 Å². The Kier molecular flexibility index (Phi) is 9.38. The number of nitrogens with one attached hydrogen (secondary N) is 2. The lowest BCUT2D eigenvalue weighted by Gasteiger charge is -2.33. The lowest BCUT2D eigenvalue weighted by Crippen LogP contribution is -2.45. The van der Waals surface area contributed by atoms with Crippen molar-refractivity contribution in [3.8, 4) is 0 Å². The van der Waals surface area contributed by atoms with Crippen LogP contribution in [-0.4, -0.2) is 37.8 Å². The van der Waals surface area contributed by atoms with E-state index in [4.69, 9.17) is 11.6 Å². The summed E-state index contributed by atoms with van der Waals surface area (Å²) < 4.78 is 66.8. The number of hydrogen-bond donors (Lipinski definition) is 2. The summed E-state index contributed by atoms with van der Waals surface area (Å²) >= 11 is 6.98. The standard InChI is InChI=1S/C27H29ClF3N3O3S2/c1-2-24(18-3-7-20(8-4-18)27(29,30)31)33-22-13-15-34(16-14-22)39(36,37)25-12-11-23(38-25)17-32-26(35)19-5-9-21(28)10-6-19/h3-12,22,24,33H,2,13-17H2,1H3,(H,32,35). The van der Waals surface area contributed by atoms with Crippen LogP contribution in [0.15, 0.2) is 64.9 Å². The van der Waals surface area contributed by atoms with Gasteiger partial charge in [0.15, 0.2) is 0 Å². The van der Waals surface area contributed by atoms with Crippen molar-refractivity contribution in [2.45, 2.75) is 55.2 Å². The Balaban J connectivity index is 1.30.